The maximum atomic E-state index is 5.96. The summed E-state index contributed by atoms with van der Waals surface area (Å²) in [4.78, 5) is 11.9. The van der Waals surface area contributed by atoms with Crippen LogP contribution in [-0.2, 0) is 11.3 Å². The summed E-state index contributed by atoms with van der Waals surface area (Å²) in [6.07, 6.45) is 0. The van der Waals surface area contributed by atoms with Crippen molar-refractivity contribution in [2.75, 3.05) is 39.5 Å². The number of hydrogen-bond acceptors (Lipinski definition) is 7. The average molecular weight is 422 g/mol. The van der Waals surface area contributed by atoms with E-state index in [1.165, 1.54) is 5.56 Å². The number of nitrogens with zero attached hydrogens (tertiary/aromatic N) is 3. The van der Waals surface area contributed by atoms with Crippen molar-refractivity contribution in [3.05, 3.63) is 58.8 Å². The Balaban J connectivity index is 1.29. The fourth-order valence-corrected chi connectivity index (χ4v) is 4.13. The average Bonchev–Trinajstić information content (AvgIpc) is 3.31. The molecule has 0 aliphatic carbocycles. The number of thiophene rings is 1. The normalized spacial score (nSPS) is 14.9. The molecule has 0 amide bonds. The van der Waals surface area contributed by atoms with E-state index in [2.05, 4.69) is 21.7 Å². The number of aromatic nitrogens is 2. The summed E-state index contributed by atoms with van der Waals surface area (Å²) >= 11 is 1.67. The highest BCUT2D eigenvalue weighted by atomic mass is 32.1. The van der Waals surface area contributed by atoms with Crippen LogP contribution in [0, 0.1) is 0 Å². The Morgan fingerprint density at radius 2 is 1.57 bits per heavy atom. The molecule has 0 bridgehead atoms. The summed E-state index contributed by atoms with van der Waals surface area (Å²) in [6, 6.07) is 13.8. The Labute approximate surface area is 179 Å². The molecule has 1 aliphatic rings. The highest BCUT2D eigenvalue weighted by Gasteiger charge is 2.10. The fraction of sp³-hybridized carbons (Fsp3) is 0.304. The van der Waals surface area contributed by atoms with E-state index in [0.717, 1.165) is 66.4 Å². The van der Waals surface area contributed by atoms with Crippen molar-refractivity contribution in [2.24, 2.45) is 0 Å². The molecule has 7 heteroatoms. The standard InChI is InChI=1S/C23H23N3O3S/c1-3-20-22(13-18(1)28-11-8-26-6-9-27-10-7-26)25-23-14-19(2-4-21(23)24-20)29-15-17-5-12-30-16-17/h1-5,12-14,16H,6-11,15H2. The predicted molar refractivity (Wildman–Crippen MR) is 118 cm³/mol. The van der Waals surface area contributed by atoms with E-state index in [0.29, 0.717) is 13.2 Å². The minimum absolute atomic E-state index is 0.553. The van der Waals surface area contributed by atoms with Crippen LogP contribution in [0.2, 0.25) is 0 Å². The highest BCUT2D eigenvalue weighted by molar-refractivity contribution is 7.07. The number of ether oxygens (including phenoxy) is 3. The molecule has 5 rings (SSSR count). The van der Waals surface area contributed by atoms with Crippen LogP contribution in [0.25, 0.3) is 22.1 Å². The molecule has 2 aromatic carbocycles. The van der Waals surface area contributed by atoms with Gasteiger partial charge in [-0.3, -0.25) is 4.90 Å². The van der Waals surface area contributed by atoms with Gasteiger partial charge < -0.3 is 14.2 Å². The molecule has 0 radical (unpaired) electrons. The smallest absolute Gasteiger partial charge is 0.122 e. The lowest BCUT2D eigenvalue weighted by Crippen LogP contribution is -2.38. The second kappa shape index (κ2) is 8.95. The number of hydrogen-bond donors (Lipinski definition) is 0. The summed E-state index contributed by atoms with van der Waals surface area (Å²) in [5, 5.41) is 4.15. The van der Waals surface area contributed by atoms with Gasteiger partial charge in [-0.2, -0.15) is 11.3 Å². The first-order chi connectivity index (χ1) is 14.8. The molecule has 3 heterocycles. The number of rotatable bonds is 7. The topological polar surface area (TPSA) is 56.7 Å². The van der Waals surface area contributed by atoms with Crippen LogP contribution < -0.4 is 9.47 Å². The van der Waals surface area contributed by atoms with Crippen molar-refractivity contribution in [1.29, 1.82) is 0 Å². The summed E-state index contributed by atoms with van der Waals surface area (Å²) in [5.41, 5.74) is 4.52. The third-order valence-electron chi connectivity index (χ3n) is 5.14. The number of morpholine rings is 1. The van der Waals surface area contributed by atoms with E-state index in [9.17, 15) is 0 Å². The van der Waals surface area contributed by atoms with E-state index < -0.39 is 0 Å². The van der Waals surface area contributed by atoms with Crippen LogP contribution in [0.4, 0.5) is 0 Å². The van der Waals surface area contributed by atoms with Crippen LogP contribution >= 0.6 is 11.3 Å². The van der Waals surface area contributed by atoms with E-state index in [1.54, 1.807) is 11.3 Å². The summed E-state index contributed by atoms with van der Waals surface area (Å²) in [6.45, 7) is 5.64. The molecule has 0 saturated carbocycles. The lowest BCUT2D eigenvalue weighted by atomic mass is 10.2. The molecule has 30 heavy (non-hydrogen) atoms. The second-order valence-corrected chi connectivity index (χ2v) is 8.03. The van der Waals surface area contributed by atoms with Gasteiger partial charge in [0.1, 0.15) is 24.7 Å². The molecular weight excluding hydrogens is 398 g/mol. The van der Waals surface area contributed by atoms with E-state index in [1.807, 2.05) is 36.4 Å². The van der Waals surface area contributed by atoms with Gasteiger partial charge in [0.05, 0.1) is 35.3 Å². The maximum absolute atomic E-state index is 5.96. The van der Waals surface area contributed by atoms with Gasteiger partial charge in [0.25, 0.3) is 0 Å². The van der Waals surface area contributed by atoms with E-state index in [-0.39, 0.29) is 0 Å². The molecule has 1 saturated heterocycles. The third kappa shape index (κ3) is 4.53. The molecule has 0 spiro atoms. The lowest BCUT2D eigenvalue weighted by molar-refractivity contribution is 0.0322. The maximum Gasteiger partial charge on any atom is 0.122 e. The first-order valence-corrected chi connectivity index (χ1v) is 11.1. The summed E-state index contributed by atoms with van der Waals surface area (Å²) < 4.78 is 17.2. The zero-order valence-electron chi connectivity index (χ0n) is 16.6. The van der Waals surface area contributed by atoms with Crippen LogP contribution in [0.15, 0.2) is 53.2 Å². The van der Waals surface area contributed by atoms with Crippen LogP contribution in [0.1, 0.15) is 5.56 Å². The van der Waals surface area contributed by atoms with Crippen molar-refractivity contribution < 1.29 is 14.2 Å². The molecule has 154 valence electrons. The molecule has 0 N–H and O–H groups in total. The highest BCUT2D eigenvalue weighted by Crippen LogP contribution is 2.24. The first kappa shape index (κ1) is 19.2. The van der Waals surface area contributed by atoms with Crippen LogP contribution in [0.3, 0.4) is 0 Å². The Bertz CT molecular complexity index is 1130. The molecule has 0 atom stereocenters. The lowest BCUT2D eigenvalue weighted by Gasteiger charge is -2.26. The molecular formula is C23H23N3O3S. The van der Waals surface area contributed by atoms with Gasteiger partial charge in [-0.25, -0.2) is 9.97 Å². The van der Waals surface area contributed by atoms with E-state index >= 15 is 0 Å². The largest absolute Gasteiger partial charge is 0.492 e. The summed E-state index contributed by atoms with van der Waals surface area (Å²) in [7, 11) is 0. The summed E-state index contributed by atoms with van der Waals surface area (Å²) in [5.74, 6) is 1.61. The SMILES string of the molecule is c1cc(COc2ccc3nc4ccc(OCCN5CCOCC5)cc4nc3c2)cs1. The minimum atomic E-state index is 0.553. The van der Waals surface area contributed by atoms with Crippen molar-refractivity contribution in [1.82, 2.24) is 14.9 Å². The zero-order valence-corrected chi connectivity index (χ0v) is 17.4. The third-order valence-corrected chi connectivity index (χ3v) is 5.87. The van der Waals surface area contributed by atoms with Gasteiger partial charge >= 0.3 is 0 Å². The monoisotopic (exact) mass is 421 g/mol. The second-order valence-electron chi connectivity index (χ2n) is 7.25. The van der Waals surface area contributed by atoms with Crippen LogP contribution in [0.5, 0.6) is 11.5 Å². The zero-order chi connectivity index (χ0) is 20.2. The molecule has 1 aliphatic heterocycles. The fourth-order valence-electron chi connectivity index (χ4n) is 3.47. The van der Waals surface area contributed by atoms with Crippen molar-refractivity contribution in [3.8, 4) is 11.5 Å². The van der Waals surface area contributed by atoms with Gasteiger partial charge in [0, 0.05) is 31.8 Å². The van der Waals surface area contributed by atoms with Crippen molar-refractivity contribution in [2.45, 2.75) is 6.61 Å². The first-order valence-electron chi connectivity index (χ1n) is 10.1. The number of fused-ring (bicyclic) bond motifs is 2. The van der Waals surface area contributed by atoms with Crippen molar-refractivity contribution >= 4 is 33.4 Å². The van der Waals surface area contributed by atoms with E-state index in [4.69, 9.17) is 24.2 Å². The van der Waals surface area contributed by atoms with Crippen LogP contribution in [-0.4, -0.2) is 54.3 Å². The van der Waals surface area contributed by atoms with Crippen molar-refractivity contribution in [3.63, 3.8) is 0 Å². The molecule has 2 aromatic heterocycles. The van der Waals surface area contributed by atoms with Gasteiger partial charge in [-0.15, -0.1) is 0 Å². The molecule has 1 fully saturated rings. The molecule has 6 nitrogen and oxygen atoms in total. The molecule has 4 aromatic rings. The van der Waals surface area contributed by atoms with Gasteiger partial charge in [0.2, 0.25) is 0 Å². The molecule has 0 unspecified atom stereocenters. The Morgan fingerprint density at radius 3 is 2.27 bits per heavy atom. The minimum Gasteiger partial charge on any atom is -0.492 e. The Morgan fingerprint density at radius 1 is 0.867 bits per heavy atom. The van der Waals surface area contributed by atoms with Gasteiger partial charge in [-0.1, -0.05) is 0 Å². The Kier molecular flexibility index (Phi) is 5.74. The predicted octanol–water partition coefficient (Wildman–Crippen LogP) is 4.13. The number of benzene rings is 2. The van der Waals surface area contributed by atoms with Gasteiger partial charge in [-0.05, 0) is 46.7 Å². The van der Waals surface area contributed by atoms with Gasteiger partial charge in [0.15, 0.2) is 0 Å². The quantitative estimate of drug-likeness (QED) is 0.418. The Hall–Kier alpha value is -2.74.